The lowest BCUT2D eigenvalue weighted by molar-refractivity contribution is -0.120. The number of sulfonamides is 1. The van der Waals surface area contributed by atoms with Crippen molar-refractivity contribution in [3.63, 3.8) is 0 Å². The lowest BCUT2D eigenvalue weighted by Gasteiger charge is -2.30. The molecule has 1 aliphatic heterocycles. The average molecular weight is 542 g/mol. The molecule has 2 heterocycles. The summed E-state index contributed by atoms with van der Waals surface area (Å²) in [6.07, 6.45) is 3.48. The first-order chi connectivity index (χ1) is 18.2. The van der Waals surface area contributed by atoms with Crippen LogP contribution in [0.5, 0.6) is 0 Å². The van der Waals surface area contributed by atoms with E-state index in [4.69, 9.17) is 9.26 Å². The summed E-state index contributed by atoms with van der Waals surface area (Å²) < 4.78 is 52.4. The third-order valence-electron chi connectivity index (χ3n) is 6.24. The van der Waals surface area contributed by atoms with Crippen molar-refractivity contribution in [3.8, 4) is 0 Å². The molecular formula is C27H28FN3O6S. The smallest absolute Gasteiger partial charge is 0.338 e. The van der Waals surface area contributed by atoms with E-state index in [1.54, 1.807) is 49.4 Å². The monoisotopic (exact) mass is 541 g/mol. The van der Waals surface area contributed by atoms with Crippen LogP contribution in [0.1, 0.15) is 47.1 Å². The first-order valence-corrected chi connectivity index (χ1v) is 13.6. The zero-order valence-electron chi connectivity index (χ0n) is 21.0. The molecule has 1 amide bonds. The number of aryl methyl sites for hydroxylation is 1. The van der Waals surface area contributed by atoms with Crippen LogP contribution in [0.15, 0.2) is 57.9 Å². The SMILES string of the molecule is CCOC(=O)c1ccc(NC(=O)C2CCN(S(=O)(=O)c3c(C)noc3C=Cc3ccccc3F)CC2)cc1. The maximum absolute atomic E-state index is 14.0. The minimum atomic E-state index is -3.96. The lowest BCUT2D eigenvalue weighted by atomic mass is 9.97. The van der Waals surface area contributed by atoms with E-state index in [0.717, 1.165) is 0 Å². The van der Waals surface area contributed by atoms with E-state index >= 15 is 0 Å². The Balaban J connectivity index is 1.40. The van der Waals surface area contributed by atoms with E-state index in [9.17, 15) is 22.4 Å². The first-order valence-electron chi connectivity index (χ1n) is 12.2. The fourth-order valence-corrected chi connectivity index (χ4v) is 5.93. The van der Waals surface area contributed by atoms with Gasteiger partial charge < -0.3 is 14.6 Å². The fourth-order valence-electron chi connectivity index (χ4n) is 4.21. The predicted molar refractivity (Wildman–Crippen MR) is 139 cm³/mol. The number of nitrogens with one attached hydrogen (secondary N) is 1. The molecule has 1 aromatic heterocycles. The number of nitrogens with zero attached hydrogens (tertiary/aromatic N) is 2. The van der Waals surface area contributed by atoms with Crippen LogP contribution in [0.4, 0.5) is 10.1 Å². The van der Waals surface area contributed by atoms with Crippen LogP contribution in [0.2, 0.25) is 0 Å². The van der Waals surface area contributed by atoms with Crippen molar-refractivity contribution in [3.05, 3.63) is 76.9 Å². The predicted octanol–water partition coefficient (Wildman–Crippen LogP) is 4.51. The van der Waals surface area contributed by atoms with Crippen molar-refractivity contribution in [1.29, 1.82) is 0 Å². The Morgan fingerprint density at radius 2 is 1.82 bits per heavy atom. The Kier molecular flexibility index (Phi) is 8.38. The molecule has 0 unspecified atom stereocenters. The minimum Gasteiger partial charge on any atom is -0.462 e. The van der Waals surface area contributed by atoms with Crippen molar-refractivity contribution >= 4 is 39.7 Å². The van der Waals surface area contributed by atoms with Crippen LogP contribution in [0, 0.1) is 18.7 Å². The van der Waals surface area contributed by atoms with Gasteiger partial charge in [-0.2, -0.15) is 4.31 Å². The molecular weight excluding hydrogens is 513 g/mol. The molecule has 1 aliphatic rings. The van der Waals surface area contributed by atoms with Gasteiger partial charge in [-0.1, -0.05) is 23.4 Å². The quantitative estimate of drug-likeness (QED) is 0.417. The fraction of sp³-hybridized carbons (Fsp3) is 0.296. The number of anilines is 1. The van der Waals surface area contributed by atoms with E-state index < -0.39 is 21.8 Å². The standard InChI is InChI=1S/C27H28FN3O6S/c1-3-36-27(33)21-8-11-22(12-9-21)29-26(32)20-14-16-31(17-15-20)38(34,35)25-18(2)30-37-24(25)13-10-19-6-4-5-7-23(19)28/h4-13,20H,3,14-17H2,1-2H3,(H,29,32). The molecule has 11 heteroatoms. The summed E-state index contributed by atoms with van der Waals surface area (Å²) in [5, 5.41) is 6.63. The van der Waals surface area contributed by atoms with Gasteiger partial charge in [0.25, 0.3) is 0 Å². The highest BCUT2D eigenvalue weighted by atomic mass is 32.2. The highest BCUT2D eigenvalue weighted by molar-refractivity contribution is 7.89. The summed E-state index contributed by atoms with van der Waals surface area (Å²) >= 11 is 0. The van der Waals surface area contributed by atoms with Crippen LogP contribution in [-0.2, 0) is 19.6 Å². The van der Waals surface area contributed by atoms with E-state index in [2.05, 4.69) is 10.5 Å². The third kappa shape index (κ3) is 6.00. The van der Waals surface area contributed by atoms with Gasteiger partial charge in [0.2, 0.25) is 15.9 Å². The summed E-state index contributed by atoms with van der Waals surface area (Å²) in [5.41, 5.74) is 1.40. The number of carbonyl (C=O) groups excluding carboxylic acids is 2. The number of esters is 1. The summed E-state index contributed by atoms with van der Waals surface area (Å²) in [6, 6.07) is 12.5. The number of hydrogen-bond donors (Lipinski definition) is 1. The van der Waals surface area contributed by atoms with Gasteiger partial charge in [-0.3, -0.25) is 4.79 Å². The number of rotatable bonds is 8. The van der Waals surface area contributed by atoms with Crippen LogP contribution < -0.4 is 5.32 Å². The van der Waals surface area contributed by atoms with Gasteiger partial charge in [0.15, 0.2) is 10.7 Å². The van der Waals surface area contributed by atoms with Gasteiger partial charge in [0.1, 0.15) is 11.5 Å². The molecule has 1 fully saturated rings. The second-order valence-electron chi connectivity index (χ2n) is 8.78. The molecule has 0 aliphatic carbocycles. The zero-order chi connectivity index (χ0) is 27.3. The molecule has 200 valence electrons. The van der Waals surface area contributed by atoms with Crippen molar-refractivity contribution in [1.82, 2.24) is 9.46 Å². The molecule has 0 atom stereocenters. The number of hydrogen-bond acceptors (Lipinski definition) is 7. The van der Waals surface area contributed by atoms with Crippen molar-refractivity contribution < 1.29 is 31.7 Å². The van der Waals surface area contributed by atoms with Gasteiger partial charge in [0, 0.05) is 30.3 Å². The second kappa shape index (κ2) is 11.7. The average Bonchev–Trinajstić information content (AvgIpc) is 3.29. The highest BCUT2D eigenvalue weighted by Crippen LogP contribution is 2.30. The number of aromatic nitrogens is 1. The summed E-state index contributed by atoms with van der Waals surface area (Å²) in [7, 11) is -3.96. The summed E-state index contributed by atoms with van der Waals surface area (Å²) in [6.45, 7) is 3.81. The number of benzene rings is 2. The summed E-state index contributed by atoms with van der Waals surface area (Å²) in [4.78, 5) is 24.5. The molecule has 0 bridgehead atoms. The maximum Gasteiger partial charge on any atom is 0.338 e. The maximum atomic E-state index is 14.0. The highest BCUT2D eigenvalue weighted by Gasteiger charge is 2.36. The number of amides is 1. The topological polar surface area (TPSA) is 119 Å². The Hall–Kier alpha value is -3.83. The number of piperidine rings is 1. The molecule has 3 aromatic rings. The van der Waals surface area contributed by atoms with E-state index in [0.29, 0.717) is 24.1 Å². The minimum absolute atomic E-state index is 0.0110. The van der Waals surface area contributed by atoms with Crippen molar-refractivity contribution in [2.45, 2.75) is 31.6 Å². The molecule has 0 radical (unpaired) electrons. The van der Waals surface area contributed by atoms with E-state index in [1.807, 2.05) is 0 Å². The number of ether oxygens (including phenoxy) is 1. The van der Waals surface area contributed by atoms with Crippen molar-refractivity contribution in [2.24, 2.45) is 5.92 Å². The Morgan fingerprint density at radius 1 is 1.13 bits per heavy atom. The van der Waals surface area contributed by atoms with Gasteiger partial charge in [-0.15, -0.1) is 0 Å². The van der Waals surface area contributed by atoms with Crippen LogP contribution in [0.25, 0.3) is 12.2 Å². The van der Waals surface area contributed by atoms with Gasteiger partial charge >= 0.3 is 5.97 Å². The molecule has 9 nitrogen and oxygen atoms in total. The largest absolute Gasteiger partial charge is 0.462 e. The van der Waals surface area contributed by atoms with Crippen LogP contribution >= 0.6 is 0 Å². The van der Waals surface area contributed by atoms with Crippen LogP contribution in [0.3, 0.4) is 0 Å². The number of halogens is 1. The van der Waals surface area contributed by atoms with Gasteiger partial charge in [-0.25, -0.2) is 17.6 Å². The Morgan fingerprint density at radius 3 is 2.47 bits per heavy atom. The third-order valence-corrected chi connectivity index (χ3v) is 8.30. The molecule has 0 saturated carbocycles. The molecule has 1 N–H and O–H groups in total. The molecule has 38 heavy (non-hydrogen) atoms. The summed E-state index contributed by atoms with van der Waals surface area (Å²) in [5.74, 6) is -1.47. The van der Waals surface area contributed by atoms with Crippen molar-refractivity contribution in [2.75, 3.05) is 25.0 Å². The van der Waals surface area contributed by atoms with E-state index in [-0.39, 0.29) is 53.4 Å². The second-order valence-corrected chi connectivity index (χ2v) is 10.7. The van der Waals surface area contributed by atoms with Gasteiger partial charge in [0.05, 0.1) is 12.2 Å². The Labute approximate surface area is 220 Å². The molecule has 1 saturated heterocycles. The first kappa shape index (κ1) is 27.2. The number of carbonyl (C=O) groups is 2. The molecule has 0 spiro atoms. The van der Waals surface area contributed by atoms with Gasteiger partial charge in [-0.05, 0) is 69.2 Å². The normalized spacial score (nSPS) is 15.0. The lowest BCUT2D eigenvalue weighted by Crippen LogP contribution is -2.41. The Bertz CT molecular complexity index is 1440. The van der Waals surface area contributed by atoms with Crippen LogP contribution in [-0.4, -0.2) is 49.5 Å². The molecule has 4 rings (SSSR count). The van der Waals surface area contributed by atoms with E-state index in [1.165, 1.54) is 29.4 Å². The molecule has 2 aromatic carbocycles. The zero-order valence-corrected chi connectivity index (χ0v) is 21.8.